The number of aliphatic carboxylic acids is 1. The Morgan fingerprint density at radius 2 is 1.95 bits per heavy atom. The third-order valence-corrected chi connectivity index (χ3v) is 4.38. The quantitative estimate of drug-likeness (QED) is 0.895. The number of nitrogens with one attached hydrogen (secondary N) is 1. The van der Waals surface area contributed by atoms with Crippen LogP contribution < -0.4 is 5.32 Å². The van der Waals surface area contributed by atoms with Crippen LogP contribution in [0.3, 0.4) is 0 Å². The molecular weight excluding hydrogens is 282 g/mol. The molecule has 1 amide bonds. The lowest BCUT2D eigenvalue weighted by atomic mass is 9.86. The van der Waals surface area contributed by atoms with E-state index in [1.807, 2.05) is 51.1 Å². The lowest BCUT2D eigenvalue weighted by molar-refractivity contribution is -0.146. The van der Waals surface area contributed by atoms with E-state index < -0.39 is 17.6 Å². The van der Waals surface area contributed by atoms with Gasteiger partial charge >= 0.3 is 12.1 Å². The van der Waals surface area contributed by atoms with Crippen LogP contribution in [0.4, 0.5) is 4.79 Å². The SMILES string of the molecule is C[C@H]1CC(C)(C)C[C@]1(NC(=O)OCc1ccccc1)C(=O)O. The van der Waals surface area contributed by atoms with Crippen LogP contribution in [0, 0.1) is 11.3 Å². The van der Waals surface area contributed by atoms with E-state index in [-0.39, 0.29) is 17.9 Å². The van der Waals surface area contributed by atoms with Gasteiger partial charge in [-0.05, 0) is 29.7 Å². The van der Waals surface area contributed by atoms with Gasteiger partial charge in [0.1, 0.15) is 12.1 Å². The highest BCUT2D eigenvalue weighted by molar-refractivity contribution is 5.85. The topological polar surface area (TPSA) is 75.6 Å². The van der Waals surface area contributed by atoms with Crippen LogP contribution in [-0.4, -0.2) is 22.7 Å². The molecule has 1 fully saturated rings. The molecule has 5 heteroatoms. The largest absolute Gasteiger partial charge is 0.479 e. The van der Waals surface area contributed by atoms with Crippen molar-refractivity contribution in [3.8, 4) is 0 Å². The number of carboxylic acids is 1. The Bertz CT molecular complexity index is 555. The van der Waals surface area contributed by atoms with Gasteiger partial charge in [0, 0.05) is 0 Å². The molecule has 120 valence electrons. The van der Waals surface area contributed by atoms with Gasteiger partial charge in [0.05, 0.1) is 0 Å². The molecule has 2 N–H and O–H groups in total. The van der Waals surface area contributed by atoms with Crippen molar-refractivity contribution in [2.24, 2.45) is 11.3 Å². The van der Waals surface area contributed by atoms with Gasteiger partial charge in [-0.2, -0.15) is 0 Å². The van der Waals surface area contributed by atoms with Crippen LogP contribution in [0.2, 0.25) is 0 Å². The van der Waals surface area contributed by atoms with E-state index in [9.17, 15) is 14.7 Å². The van der Waals surface area contributed by atoms with Crippen LogP contribution in [0.15, 0.2) is 30.3 Å². The van der Waals surface area contributed by atoms with Crippen molar-refractivity contribution in [2.45, 2.75) is 45.8 Å². The van der Waals surface area contributed by atoms with E-state index in [1.165, 1.54) is 0 Å². The van der Waals surface area contributed by atoms with Crippen molar-refractivity contribution in [1.82, 2.24) is 5.32 Å². The van der Waals surface area contributed by atoms with Gasteiger partial charge in [0.15, 0.2) is 0 Å². The summed E-state index contributed by atoms with van der Waals surface area (Å²) >= 11 is 0. The van der Waals surface area contributed by atoms with Crippen LogP contribution in [0.5, 0.6) is 0 Å². The van der Waals surface area contributed by atoms with Gasteiger partial charge in [0.25, 0.3) is 0 Å². The zero-order chi connectivity index (χ0) is 16.4. The Balaban J connectivity index is 2.03. The van der Waals surface area contributed by atoms with Gasteiger partial charge in [-0.25, -0.2) is 9.59 Å². The second-order valence-electron chi connectivity index (χ2n) is 6.91. The molecule has 1 aliphatic rings. The van der Waals surface area contributed by atoms with E-state index in [4.69, 9.17) is 4.74 Å². The normalized spacial score (nSPS) is 26.4. The summed E-state index contributed by atoms with van der Waals surface area (Å²) in [5.74, 6) is -1.15. The second-order valence-corrected chi connectivity index (χ2v) is 6.91. The Hall–Kier alpha value is -2.04. The minimum absolute atomic E-state index is 0.121. The highest BCUT2D eigenvalue weighted by Crippen LogP contribution is 2.47. The summed E-state index contributed by atoms with van der Waals surface area (Å²) in [4.78, 5) is 23.8. The molecule has 0 aliphatic heterocycles. The zero-order valence-corrected chi connectivity index (χ0v) is 13.3. The number of alkyl carbamates (subject to hydrolysis) is 1. The number of benzene rings is 1. The molecule has 5 nitrogen and oxygen atoms in total. The summed E-state index contributed by atoms with van der Waals surface area (Å²) < 4.78 is 5.17. The molecule has 0 radical (unpaired) electrons. The molecule has 0 heterocycles. The van der Waals surface area contributed by atoms with Crippen molar-refractivity contribution in [1.29, 1.82) is 0 Å². The van der Waals surface area contributed by atoms with E-state index in [0.29, 0.717) is 6.42 Å². The van der Waals surface area contributed by atoms with Gasteiger partial charge in [0.2, 0.25) is 0 Å². The van der Waals surface area contributed by atoms with Gasteiger partial charge in [-0.15, -0.1) is 0 Å². The average Bonchev–Trinajstić information content (AvgIpc) is 2.68. The highest BCUT2D eigenvalue weighted by atomic mass is 16.5. The molecule has 2 rings (SSSR count). The maximum absolute atomic E-state index is 12.0. The second kappa shape index (κ2) is 5.99. The highest BCUT2D eigenvalue weighted by Gasteiger charge is 2.55. The number of carbonyl (C=O) groups is 2. The average molecular weight is 305 g/mol. The van der Waals surface area contributed by atoms with Gasteiger partial charge < -0.3 is 15.2 Å². The number of rotatable bonds is 4. The fourth-order valence-electron chi connectivity index (χ4n) is 3.45. The number of hydrogen-bond acceptors (Lipinski definition) is 3. The van der Waals surface area contributed by atoms with Crippen molar-refractivity contribution in [3.05, 3.63) is 35.9 Å². The van der Waals surface area contributed by atoms with Crippen molar-refractivity contribution >= 4 is 12.1 Å². The lowest BCUT2D eigenvalue weighted by Gasteiger charge is -2.30. The predicted octanol–water partition coefficient (Wildman–Crippen LogP) is 3.19. The molecular formula is C17H23NO4. The fraction of sp³-hybridized carbons (Fsp3) is 0.529. The maximum Gasteiger partial charge on any atom is 0.408 e. The summed E-state index contributed by atoms with van der Waals surface area (Å²) in [6.45, 7) is 6.02. The van der Waals surface area contributed by atoms with Gasteiger partial charge in [-0.3, -0.25) is 0 Å². The lowest BCUT2D eigenvalue weighted by Crippen LogP contribution is -2.56. The maximum atomic E-state index is 12.0. The molecule has 22 heavy (non-hydrogen) atoms. The molecule has 1 aliphatic carbocycles. The third-order valence-electron chi connectivity index (χ3n) is 4.38. The summed E-state index contributed by atoms with van der Waals surface area (Å²) in [5, 5.41) is 12.2. The molecule has 0 aromatic heterocycles. The first-order valence-corrected chi connectivity index (χ1v) is 7.47. The van der Waals surface area contributed by atoms with Crippen molar-refractivity contribution < 1.29 is 19.4 Å². The predicted molar refractivity (Wildman–Crippen MR) is 82.3 cm³/mol. The number of carboxylic acid groups (broad SMARTS) is 1. The number of ether oxygens (including phenoxy) is 1. The first-order chi connectivity index (χ1) is 10.3. The molecule has 1 aromatic rings. The summed E-state index contributed by atoms with van der Waals surface area (Å²) in [6, 6.07) is 9.29. The van der Waals surface area contributed by atoms with Crippen LogP contribution >= 0.6 is 0 Å². The monoisotopic (exact) mass is 305 g/mol. The minimum Gasteiger partial charge on any atom is -0.479 e. The van der Waals surface area contributed by atoms with E-state index >= 15 is 0 Å². The molecule has 0 spiro atoms. The Morgan fingerprint density at radius 1 is 1.32 bits per heavy atom. The first-order valence-electron chi connectivity index (χ1n) is 7.47. The smallest absolute Gasteiger partial charge is 0.408 e. The van der Waals surface area contributed by atoms with E-state index in [0.717, 1.165) is 12.0 Å². The Labute approximate surface area is 130 Å². The number of amides is 1. The standard InChI is InChI=1S/C17H23NO4/c1-12-9-16(2,3)11-17(12,14(19)20)18-15(21)22-10-13-7-5-4-6-8-13/h4-8,12H,9-11H2,1-3H3,(H,18,21)(H,19,20)/t12-,17+/m0/s1. The van der Waals surface area contributed by atoms with Crippen LogP contribution in [0.25, 0.3) is 0 Å². The summed E-state index contributed by atoms with van der Waals surface area (Å²) in [6.07, 6.45) is 0.464. The molecule has 1 aromatic carbocycles. The van der Waals surface area contributed by atoms with Crippen molar-refractivity contribution in [3.63, 3.8) is 0 Å². The fourth-order valence-corrected chi connectivity index (χ4v) is 3.45. The third kappa shape index (κ3) is 3.40. The number of carbonyl (C=O) groups excluding carboxylic acids is 1. The van der Waals surface area contributed by atoms with Crippen LogP contribution in [0.1, 0.15) is 39.2 Å². The molecule has 2 atom stereocenters. The minimum atomic E-state index is -1.25. The van der Waals surface area contributed by atoms with Gasteiger partial charge in [-0.1, -0.05) is 51.1 Å². The summed E-state index contributed by atoms with van der Waals surface area (Å²) in [5.41, 5.74) is -0.510. The Kier molecular flexibility index (Phi) is 4.44. The number of hydrogen-bond donors (Lipinski definition) is 2. The molecule has 0 unspecified atom stereocenters. The zero-order valence-electron chi connectivity index (χ0n) is 13.3. The van der Waals surface area contributed by atoms with Crippen LogP contribution in [-0.2, 0) is 16.1 Å². The van der Waals surface area contributed by atoms with E-state index in [2.05, 4.69) is 5.32 Å². The van der Waals surface area contributed by atoms with Crippen molar-refractivity contribution in [2.75, 3.05) is 0 Å². The summed E-state index contributed by atoms with van der Waals surface area (Å²) in [7, 11) is 0. The first kappa shape index (κ1) is 16.3. The molecule has 0 bridgehead atoms. The molecule has 1 saturated carbocycles. The Morgan fingerprint density at radius 3 is 2.45 bits per heavy atom. The van der Waals surface area contributed by atoms with E-state index in [1.54, 1.807) is 0 Å². The molecule has 0 saturated heterocycles.